The van der Waals surface area contributed by atoms with E-state index in [4.69, 9.17) is 0 Å². The number of rotatable bonds is 2. The Hall–Kier alpha value is -0.960. The fourth-order valence-corrected chi connectivity index (χ4v) is 2.23. The van der Waals surface area contributed by atoms with E-state index >= 15 is 0 Å². The van der Waals surface area contributed by atoms with Crippen LogP contribution in [0.1, 0.15) is 25.8 Å². The number of likely N-dealkylation sites (tertiary alicyclic amines) is 1. The standard InChI is InChI=1S/C13H17F2N/c1-10(2)16-8-7-13(15,9-16)11-3-5-12(14)6-4-11/h3-6,10H,7-9H2,1-2H3. The summed E-state index contributed by atoms with van der Waals surface area (Å²) >= 11 is 0. The maximum Gasteiger partial charge on any atom is 0.149 e. The van der Waals surface area contributed by atoms with Crippen LogP contribution in [0.25, 0.3) is 0 Å². The lowest BCUT2D eigenvalue weighted by Gasteiger charge is -2.23. The van der Waals surface area contributed by atoms with Gasteiger partial charge in [-0.2, -0.15) is 0 Å². The minimum Gasteiger partial charge on any atom is -0.297 e. The Labute approximate surface area is 95.1 Å². The molecule has 1 saturated heterocycles. The van der Waals surface area contributed by atoms with Crippen LogP contribution in [0.3, 0.4) is 0 Å². The van der Waals surface area contributed by atoms with Crippen molar-refractivity contribution in [3.8, 4) is 0 Å². The van der Waals surface area contributed by atoms with Crippen molar-refractivity contribution >= 4 is 0 Å². The summed E-state index contributed by atoms with van der Waals surface area (Å²) in [4.78, 5) is 2.11. The quantitative estimate of drug-likeness (QED) is 0.747. The van der Waals surface area contributed by atoms with E-state index in [0.29, 0.717) is 24.6 Å². The van der Waals surface area contributed by atoms with Crippen molar-refractivity contribution in [2.24, 2.45) is 0 Å². The van der Waals surface area contributed by atoms with Crippen LogP contribution in [-0.2, 0) is 5.67 Å². The average molecular weight is 225 g/mol. The van der Waals surface area contributed by atoms with Gasteiger partial charge in [0.1, 0.15) is 11.5 Å². The van der Waals surface area contributed by atoms with Gasteiger partial charge in [0.25, 0.3) is 0 Å². The van der Waals surface area contributed by atoms with Crippen LogP contribution in [0.4, 0.5) is 8.78 Å². The molecule has 1 aromatic carbocycles. The molecule has 1 aliphatic heterocycles. The number of hydrogen-bond donors (Lipinski definition) is 0. The fraction of sp³-hybridized carbons (Fsp3) is 0.538. The number of benzene rings is 1. The van der Waals surface area contributed by atoms with Crippen molar-refractivity contribution in [2.45, 2.75) is 32.0 Å². The van der Waals surface area contributed by atoms with Gasteiger partial charge >= 0.3 is 0 Å². The maximum atomic E-state index is 14.6. The topological polar surface area (TPSA) is 3.24 Å². The summed E-state index contributed by atoms with van der Waals surface area (Å²) in [6, 6.07) is 6.12. The molecule has 2 rings (SSSR count). The molecule has 1 aromatic rings. The van der Waals surface area contributed by atoms with Gasteiger partial charge in [0.15, 0.2) is 0 Å². The summed E-state index contributed by atoms with van der Waals surface area (Å²) in [5.74, 6) is -0.314. The third kappa shape index (κ3) is 2.09. The smallest absolute Gasteiger partial charge is 0.149 e. The maximum absolute atomic E-state index is 14.6. The number of nitrogens with zero attached hydrogens (tertiary/aromatic N) is 1. The third-order valence-electron chi connectivity index (χ3n) is 3.34. The second-order valence-corrected chi connectivity index (χ2v) is 4.79. The van der Waals surface area contributed by atoms with Crippen LogP contribution in [0.15, 0.2) is 24.3 Å². The molecule has 3 heteroatoms. The molecule has 0 amide bonds. The van der Waals surface area contributed by atoms with Crippen molar-refractivity contribution in [1.29, 1.82) is 0 Å². The Bertz CT molecular complexity index is 361. The zero-order valence-corrected chi connectivity index (χ0v) is 9.71. The monoisotopic (exact) mass is 225 g/mol. The van der Waals surface area contributed by atoms with Gasteiger partial charge in [0.05, 0.1) is 0 Å². The van der Waals surface area contributed by atoms with Gasteiger partial charge in [-0.1, -0.05) is 12.1 Å². The Morgan fingerprint density at radius 3 is 2.38 bits per heavy atom. The lowest BCUT2D eigenvalue weighted by atomic mass is 9.95. The van der Waals surface area contributed by atoms with Crippen LogP contribution in [0.2, 0.25) is 0 Å². The van der Waals surface area contributed by atoms with Crippen molar-refractivity contribution in [3.05, 3.63) is 35.6 Å². The molecule has 0 aromatic heterocycles. The van der Waals surface area contributed by atoms with Crippen LogP contribution >= 0.6 is 0 Å². The molecular weight excluding hydrogens is 208 g/mol. The van der Waals surface area contributed by atoms with Gasteiger partial charge in [-0.05, 0) is 38.0 Å². The average Bonchev–Trinajstić information content (AvgIpc) is 2.63. The molecule has 1 nitrogen and oxygen atoms in total. The van der Waals surface area contributed by atoms with Crippen LogP contribution in [0, 0.1) is 5.82 Å². The van der Waals surface area contributed by atoms with E-state index in [9.17, 15) is 8.78 Å². The van der Waals surface area contributed by atoms with E-state index in [-0.39, 0.29) is 5.82 Å². The first-order valence-electron chi connectivity index (χ1n) is 5.70. The van der Waals surface area contributed by atoms with Crippen LogP contribution in [-0.4, -0.2) is 24.0 Å². The molecule has 16 heavy (non-hydrogen) atoms. The summed E-state index contributed by atoms with van der Waals surface area (Å²) in [7, 11) is 0. The molecule has 0 spiro atoms. The Morgan fingerprint density at radius 1 is 1.25 bits per heavy atom. The van der Waals surface area contributed by atoms with E-state index < -0.39 is 5.67 Å². The number of hydrogen-bond acceptors (Lipinski definition) is 1. The predicted molar refractivity (Wildman–Crippen MR) is 60.5 cm³/mol. The normalized spacial score (nSPS) is 26.6. The summed E-state index contributed by atoms with van der Waals surface area (Å²) in [6.07, 6.45) is 0.497. The van der Waals surface area contributed by atoms with Crippen molar-refractivity contribution in [1.82, 2.24) is 4.90 Å². The van der Waals surface area contributed by atoms with E-state index in [1.54, 1.807) is 12.1 Å². The summed E-state index contributed by atoms with van der Waals surface area (Å²) < 4.78 is 27.4. The SMILES string of the molecule is CC(C)N1CCC(F)(c2ccc(F)cc2)C1. The highest BCUT2D eigenvalue weighted by molar-refractivity contribution is 5.25. The molecule has 1 heterocycles. The molecule has 1 fully saturated rings. The van der Waals surface area contributed by atoms with Gasteiger partial charge in [0, 0.05) is 19.1 Å². The summed E-state index contributed by atoms with van der Waals surface area (Å²) in [5.41, 5.74) is -0.713. The zero-order valence-electron chi connectivity index (χ0n) is 9.71. The fourth-order valence-electron chi connectivity index (χ4n) is 2.23. The first kappa shape index (κ1) is 11.5. The van der Waals surface area contributed by atoms with Crippen LogP contribution in [0.5, 0.6) is 0 Å². The highest BCUT2D eigenvalue weighted by atomic mass is 19.1. The van der Waals surface area contributed by atoms with E-state index in [1.807, 2.05) is 0 Å². The second-order valence-electron chi connectivity index (χ2n) is 4.79. The molecule has 0 bridgehead atoms. The Morgan fingerprint density at radius 2 is 1.88 bits per heavy atom. The molecule has 0 saturated carbocycles. The lowest BCUT2D eigenvalue weighted by molar-refractivity contribution is 0.155. The van der Waals surface area contributed by atoms with Gasteiger partial charge in [-0.25, -0.2) is 8.78 Å². The largest absolute Gasteiger partial charge is 0.297 e. The molecule has 1 aliphatic rings. The number of halogens is 2. The van der Waals surface area contributed by atoms with Crippen LogP contribution < -0.4 is 0 Å². The van der Waals surface area contributed by atoms with E-state index in [0.717, 1.165) is 6.54 Å². The van der Waals surface area contributed by atoms with E-state index in [1.165, 1.54) is 12.1 Å². The Kier molecular flexibility index (Phi) is 2.98. The van der Waals surface area contributed by atoms with E-state index in [2.05, 4.69) is 18.7 Å². The second kappa shape index (κ2) is 4.13. The molecule has 88 valence electrons. The lowest BCUT2D eigenvalue weighted by Crippen LogP contribution is -2.32. The van der Waals surface area contributed by atoms with Gasteiger partial charge in [-0.3, -0.25) is 4.90 Å². The highest BCUT2D eigenvalue weighted by Crippen LogP contribution is 2.36. The molecule has 0 radical (unpaired) electrons. The minimum atomic E-state index is -1.31. The van der Waals surface area contributed by atoms with Gasteiger partial charge in [-0.15, -0.1) is 0 Å². The van der Waals surface area contributed by atoms with Crippen molar-refractivity contribution in [3.63, 3.8) is 0 Å². The highest BCUT2D eigenvalue weighted by Gasteiger charge is 2.40. The minimum absolute atomic E-state index is 0.314. The molecule has 0 N–H and O–H groups in total. The third-order valence-corrected chi connectivity index (χ3v) is 3.34. The first-order chi connectivity index (χ1) is 7.51. The van der Waals surface area contributed by atoms with Crippen molar-refractivity contribution in [2.75, 3.05) is 13.1 Å². The first-order valence-corrected chi connectivity index (χ1v) is 5.70. The molecule has 0 aliphatic carbocycles. The van der Waals surface area contributed by atoms with Crippen molar-refractivity contribution < 1.29 is 8.78 Å². The summed E-state index contributed by atoms with van der Waals surface area (Å²) in [5, 5.41) is 0. The molecule has 1 atom stereocenters. The molecule has 1 unspecified atom stereocenters. The summed E-state index contributed by atoms with van der Waals surface area (Å²) in [6.45, 7) is 5.31. The van der Waals surface area contributed by atoms with Gasteiger partial charge < -0.3 is 0 Å². The molecular formula is C13H17F2N. The zero-order chi connectivity index (χ0) is 11.8. The Balaban J connectivity index is 2.18. The number of alkyl halides is 1. The van der Waals surface area contributed by atoms with Gasteiger partial charge in [0.2, 0.25) is 0 Å². The predicted octanol–water partition coefficient (Wildman–Crippen LogP) is 3.10.